The van der Waals surface area contributed by atoms with Crippen molar-refractivity contribution in [2.75, 3.05) is 19.6 Å². The summed E-state index contributed by atoms with van der Waals surface area (Å²) in [5.41, 5.74) is 2.48. The van der Waals surface area contributed by atoms with E-state index in [1.165, 1.54) is 24.0 Å². The molecule has 1 aliphatic rings. The molecule has 1 fully saturated rings. The van der Waals surface area contributed by atoms with Gasteiger partial charge in [-0.05, 0) is 67.7 Å². The third kappa shape index (κ3) is 5.22. The minimum absolute atomic E-state index is 0.756. The molecule has 0 aromatic heterocycles. The van der Waals surface area contributed by atoms with Crippen molar-refractivity contribution in [2.45, 2.75) is 25.9 Å². The van der Waals surface area contributed by atoms with E-state index in [4.69, 9.17) is 23.2 Å². The lowest BCUT2D eigenvalue weighted by Crippen LogP contribution is -2.36. The second-order valence-corrected chi connectivity index (χ2v) is 7.42. The average molecular weight is 363 g/mol. The molecule has 0 unspecified atom stereocenters. The lowest BCUT2D eigenvalue weighted by molar-refractivity contribution is 0.175. The van der Waals surface area contributed by atoms with Crippen LogP contribution in [-0.4, -0.2) is 24.5 Å². The molecule has 2 aromatic rings. The van der Waals surface area contributed by atoms with Gasteiger partial charge in [0.05, 0.1) is 0 Å². The van der Waals surface area contributed by atoms with E-state index < -0.39 is 0 Å². The van der Waals surface area contributed by atoms with Gasteiger partial charge >= 0.3 is 0 Å². The molecule has 24 heavy (non-hydrogen) atoms. The molecule has 3 rings (SSSR count). The smallest absolute Gasteiger partial charge is 0.0451 e. The number of piperidine rings is 1. The maximum atomic E-state index is 6.26. The van der Waals surface area contributed by atoms with Gasteiger partial charge in [0.15, 0.2) is 0 Å². The Bertz CT molecular complexity index is 652. The van der Waals surface area contributed by atoms with Crippen molar-refractivity contribution in [3.63, 3.8) is 0 Å². The Morgan fingerprint density at radius 3 is 2.54 bits per heavy atom. The van der Waals surface area contributed by atoms with Gasteiger partial charge in [0.1, 0.15) is 0 Å². The highest BCUT2D eigenvalue weighted by Crippen LogP contribution is 2.22. The largest absolute Gasteiger partial charge is 0.312 e. The minimum atomic E-state index is 0.756. The van der Waals surface area contributed by atoms with E-state index >= 15 is 0 Å². The Morgan fingerprint density at radius 1 is 1.00 bits per heavy atom. The van der Waals surface area contributed by atoms with E-state index in [0.717, 1.165) is 48.7 Å². The molecular weight excluding hydrogens is 339 g/mol. The molecule has 1 heterocycles. The molecule has 2 nitrogen and oxygen atoms in total. The van der Waals surface area contributed by atoms with E-state index in [2.05, 4.69) is 28.4 Å². The summed E-state index contributed by atoms with van der Waals surface area (Å²) in [5.74, 6) is 0.756. The number of nitrogens with zero attached hydrogens (tertiary/aromatic N) is 1. The summed E-state index contributed by atoms with van der Waals surface area (Å²) in [5, 5.41) is 5.26. The first kappa shape index (κ1) is 17.8. The van der Waals surface area contributed by atoms with Crippen LogP contribution in [0.15, 0.2) is 48.5 Å². The molecule has 0 saturated carbocycles. The molecule has 4 heteroatoms. The Kier molecular flexibility index (Phi) is 6.56. The molecular formula is C20H24Cl2N2. The Morgan fingerprint density at radius 2 is 1.79 bits per heavy atom. The zero-order valence-corrected chi connectivity index (χ0v) is 15.4. The molecule has 2 aromatic carbocycles. The van der Waals surface area contributed by atoms with Crippen molar-refractivity contribution in [1.29, 1.82) is 0 Å². The Labute approximate surface area is 154 Å². The number of likely N-dealkylation sites (tertiary alicyclic amines) is 1. The first-order valence-electron chi connectivity index (χ1n) is 8.61. The quantitative estimate of drug-likeness (QED) is 0.777. The Hall–Kier alpha value is -1.06. The van der Waals surface area contributed by atoms with Gasteiger partial charge in [0, 0.05) is 23.1 Å². The summed E-state index contributed by atoms with van der Waals surface area (Å²) in [4.78, 5) is 2.51. The van der Waals surface area contributed by atoms with Crippen molar-refractivity contribution < 1.29 is 0 Å². The van der Waals surface area contributed by atoms with Crippen LogP contribution in [0.1, 0.15) is 24.0 Å². The van der Waals surface area contributed by atoms with Gasteiger partial charge in [-0.2, -0.15) is 0 Å². The summed E-state index contributed by atoms with van der Waals surface area (Å²) in [6, 6.07) is 16.2. The standard InChI is InChI=1S/C20H24Cl2N2/c21-19-6-3-4-17(12-19)14-23-13-16-8-10-24(11-9-16)15-18-5-1-2-7-20(18)22/h1-7,12,16,23H,8-11,13-15H2. The van der Waals surface area contributed by atoms with Crippen molar-refractivity contribution in [1.82, 2.24) is 10.2 Å². The van der Waals surface area contributed by atoms with Crippen LogP contribution in [0.3, 0.4) is 0 Å². The molecule has 0 bridgehead atoms. The van der Waals surface area contributed by atoms with Crippen molar-refractivity contribution in [2.24, 2.45) is 5.92 Å². The maximum absolute atomic E-state index is 6.26. The summed E-state index contributed by atoms with van der Waals surface area (Å²) in [6.07, 6.45) is 2.49. The summed E-state index contributed by atoms with van der Waals surface area (Å²) < 4.78 is 0. The van der Waals surface area contributed by atoms with Crippen LogP contribution in [0.4, 0.5) is 0 Å². The van der Waals surface area contributed by atoms with Crippen LogP contribution in [0.25, 0.3) is 0 Å². The van der Waals surface area contributed by atoms with Gasteiger partial charge in [-0.15, -0.1) is 0 Å². The number of nitrogens with one attached hydrogen (secondary N) is 1. The predicted octanol–water partition coefficient (Wildman–Crippen LogP) is 5.00. The van der Waals surface area contributed by atoms with Gasteiger partial charge in [-0.25, -0.2) is 0 Å². The lowest BCUT2D eigenvalue weighted by Gasteiger charge is -2.32. The van der Waals surface area contributed by atoms with Gasteiger partial charge in [0.25, 0.3) is 0 Å². The van der Waals surface area contributed by atoms with Crippen LogP contribution < -0.4 is 5.32 Å². The summed E-state index contributed by atoms with van der Waals surface area (Å²) >= 11 is 12.3. The zero-order chi connectivity index (χ0) is 16.8. The average Bonchev–Trinajstić information content (AvgIpc) is 2.59. The SMILES string of the molecule is Clc1cccc(CNCC2CCN(Cc3ccccc3Cl)CC2)c1. The first-order valence-corrected chi connectivity index (χ1v) is 9.37. The second-order valence-electron chi connectivity index (χ2n) is 6.57. The van der Waals surface area contributed by atoms with E-state index in [-0.39, 0.29) is 0 Å². The van der Waals surface area contributed by atoms with Crippen LogP contribution in [0.2, 0.25) is 10.0 Å². The van der Waals surface area contributed by atoms with Crippen LogP contribution in [-0.2, 0) is 13.1 Å². The number of halogens is 2. The van der Waals surface area contributed by atoms with Crippen LogP contribution >= 0.6 is 23.2 Å². The molecule has 128 valence electrons. The van der Waals surface area contributed by atoms with E-state index in [1.54, 1.807) is 0 Å². The topological polar surface area (TPSA) is 15.3 Å². The molecule has 1 aliphatic heterocycles. The fraction of sp³-hybridized carbons (Fsp3) is 0.400. The molecule has 0 spiro atoms. The minimum Gasteiger partial charge on any atom is -0.312 e. The number of hydrogen-bond donors (Lipinski definition) is 1. The van der Waals surface area contributed by atoms with Gasteiger partial charge < -0.3 is 5.32 Å². The van der Waals surface area contributed by atoms with Crippen molar-refractivity contribution in [3.8, 4) is 0 Å². The molecule has 1 saturated heterocycles. The number of benzene rings is 2. The number of rotatable bonds is 6. The molecule has 0 atom stereocenters. The molecule has 0 radical (unpaired) electrons. The first-order chi connectivity index (χ1) is 11.7. The fourth-order valence-electron chi connectivity index (χ4n) is 3.28. The highest BCUT2D eigenvalue weighted by Gasteiger charge is 2.19. The zero-order valence-electron chi connectivity index (χ0n) is 13.8. The summed E-state index contributed by atoms with van der Waals surface area (Å²) in [7, 11) is 0. The second kappa shape index (κ2) is 8.87. The monoisotopic (exact) mass is 362 g/mol. The highest BCUT2D eigenvalue weighted by atomic mass is 35.5. The molecule has 0 amide bonds. The fourth-order valence-corrected chi connectivity index (χ4v) is 3.69. The Balaban J connectivity index is 1.38. The maximum Gasteiger partial charge on any atom is 0.0451 e. The van der Waals surface area contributed by atoms with Gasteiger partial charge in [-0.3, -0.25) is 4.90 Å². The van der Waals surface area contributed by atoms with E-state index in [0.29, 0.717) is 0 Å². The van der Waals surface area contributed by atoms with Gasteiger partial charge in [-0.1, -0.05) is 53.5 Å². The summed E-state index contributed by atoms with van der Waals surface area (Å²) in [6.45, 7) is 5.22. The number of hydrogen-bond acceptors (Lipinski definition) is 2. The lowest BCUT2D eigenvalue weighted by atomic mass is 9.96. The van der Waals surface area contributed by atoms with Crippen LogP contribution in [0.5, 0.6) is 0 Å². The van der Waals surface area contributed by atoms with Gasteiger partial charge in [0.2, 0.25) is 0 Å². The molecule has 0 aliphatic carbocycles. The van der Waals surface area contributed by atoms with E-state index in [9.17, 15) is 0 Å². The highest BCUT2D eigenvalue weighted by molar-refractivity contribution is 6.31. The third-order valence-electron chi connectivity index (χ3n) is 4.71. The van der Waals surface area contributed by atoms with Crippen LogP contribution in [0, 0.1) is 5.92 Å². The molecule has 1 N–H and O–H groups in total. The van der Waals surface area contributed by atoms with Crippen molar-refractivity contribution >= 4 is 23.2 Å². The normalized spacial score (nSPS) is 16.4. The predicted molar refractivity (Wildman–Crippen MR) is 103 cm³/mol. The van der Waals surface area contributed by atoms with E-state index in [1.807, 2.05) is 30.3 Å². The van der Waals surface area contributed by atoms with Crippen molar-refractivity contribution in [3.05, 3.63) is 69.7 Å². The third-order valence-corrected chi connectivity index (χ3v) is 5.31.